The van der Waals surface area contributed by atoms with Crippen LogP contribution in [0.15, 0.2) is 24.3 Å². The first-order valence-electron chi connectivity index (χ1n) is 6.04. The van der Waals surface area contributed by atoms with Gasteiger partial charge in [0.05, 0.1) is 25.9 Å². The van der Waals surface area contributed by atoms with Crippen LogP contribution in [0.4, 0.5) is 5.69 Å². The Bertz CT molecular complexity index is 357. The van der Waals surface area contributed by atoms with Crippen LogP contribution in [0.1, 0.15) is 5.56 Å². The minimum Gasteiger partial charge on any atom is -0.394 e. The number of para-hydroxylation sites is 1. The summed E-state index contributed by atoms with van der Waals surface area (Å²) >= 11 is 0. The highest BCUT2D eigenvalue weighted by atomic mass is 16.5. The molecule has 1 aliphatic heterocycles. The number of rotatable bonds is 4. The summed E-state index contributed by atoms with van der Waals surface area (Å²) in [6, 6.07) is 8.39. The molecule has 4 heteroatoms. The van der Waals surface area contributed by atoms with Crippen LogP contribution in [0.25, 0.3) is 0 Å². The average molecular weight is 236 g/mol. The second kappa shape index (κ2) is 6.00. The summed E-state index contributed by atoms with van der Waals surface area (Å²) < 4.78 is 5.41. The summed E-state index contributed by atoms with van der Waals surface area (Å²) in [6.07, 6.45) is 0. The average Bonchev–Trinajstić information content (AvgIpc) is 2.40. The zero-order valence-electron chi connectivity index (χ0n) is 10.2. The molecule has 1 unspecified atom stereocenters. The third-order valence-electron chi connectivity index (χ3n) is 3.11. The van der Waals surface area contributed by atoms with E-state index < -0.39 is 0 Å². The van der Waals surface area contributed by atoms with E-state index in [1.807, 2.05) is 19.2 Å². The molecule has 0 bridgehead atoms. The topological polar surface area (TPSA) is 44.7 Å². The number of nitrogens with one attached hydrogen (secondary N) is 1. The van der Waals surface area contributed by atoms with Gasteiger partial charge < -0.3 is 20.1 Å². The Hall–Kier alpha value is -1.10. The predicted octanol–water partition coefficient (Wildman–Crippen LogP) is 0.603. The Labute approximate surface area is 102 Å². The number of ether oxygens (including phenoxy) is 1. The maximum atomic E-state index is 9.41. The van der Waals surface area contributed by atoms with E-state index in [4.69, 9.17) is 4.74 Å². The maximum absolute atomic E-state index is 9.41. The van der Waals surface area contributed by atoms with E-state index in [0.29, 0.717) is 6.61 Å². The Morgan fingerprint density at radius 3 is 3.06 bits per heavy atom. The van der Waals surface area contributed by atoms with Gasteiger partial charge in [0.15, 0.2) is 0 Å². The van der Waals surface area contributed by atoms with Gasteiger partial charge >= 0.3 is 0 Å². The number of benzene rings is 1. The third kappa shape index (κ3) is 2.77. The van der Waals surface area contributed by atoms with Crippen molar-refractivity contribution in [1.29, 1.82) is 0 Å². The first kappa shape index (κ1) is 12.4. The number of hydrogen-bond acceptors (Lipinski definition) is 4. The Morgan fingerprint density at radius 2 is 2.29 bits per heavy atom. The van der Waals surface area contributed by atoms with Crippen LogP contribution in [0.3, 0.4) is 0 Å². The summed E-state index contributed by atoms with van der Waals surface area (Å²) in [6.45, 7) is 3.14. The Morgan fingerprint density at radius 1 is 1.47 bits per heavy atom. The second-order valence-electron chi connectivity index (χ2n) is 4.26. The van der Waals surface area contributed by atoms with Gasteiger partial charge in [-0.2, -0.15) is 0 Å². The van der Waals surface area contributed by atoms with Gasteiger partial charge in [0.2, 0.25) is 0 Å². The van der Waals surface area contributed by atoms with E-state index in [0.717, 1.165) is 19.7 Å². The van der Waals surface area contributed by atoms with Crippen molar-refractivity contribution in [2.75, 3.05) is 38.3 Å². The first-order valence-corrected chi connectivity index (χ1v) is 6.04. The summed E-state index contributed by atoms with van der Waals surface area (Å²) in [7, 11) is 1.94. The fourth-order valence-electron chi connectivity index (χ4n) is 2.25. The Kier molecular flexibility index (Phi) is 4.36. The highest BCUT2D eigenvalue weighted by Crippen LogP contribution is 2.24. The number of anilines is 1. The maximum Gasteiger partial charge on any atom is 0.0755 e. The minimum atomic E-state index is 0.0711. The zero-order valence-corrected chi connectivity index (χ0v) is 10.2. The third-order valence-corrected chi connectivity index (χ3v) is 3.11. The molecule has 1 heterocycles. The molecule has 4 nitrogen and oxygen atoms in total. The smallest absolute Gasteiger partial charge is 0.0755 e. The lowest BCUT2D eigenvalue weighted by molar-refractivity contribution is 0.0726. The Balaban J connectivity index is 2.24. The van der Waals surface area contributed by atoms with Crippen LogP contribution in [0, 0.1) is 0 Å². The molecular weight excluding hydrogens is 216 g/mol. The van der Waals surface area contributed by atoms with Crippen LogP contribution in [-0.2, 0) is 11.3 Å². The van der Waals surface area contributed by atoms with Crippen molar-refractivity contribution in [3.63, 3.8) is 0 Å². The summed E-state index contributed by atoms with van der Waals surface area (Å²) in [5.41, 5.74) is 2.46. The lowest BCUT2D eigenvalue weighted by atomic mass is 10.1. The molecule has 1 aromatic rings. The van der Waals surface area contributed by atoms with E-state index in [9.17, 15) is 5.11 Å². The number of aliphatic hydroxyl groups is 1. The molecule has 94 valence electrons. The molecular formula is C13H20N2O2. The molecule has 0 spiro atoms. The van der Waals surface area contributed by atoms with Crippen LogP contribution < -0.4 is 10.2 Å². The zero-order chi connectivity index (χ0) is 12.1. The summed E-state index contributed by atoms with van der Waals surface area (Å²) in [4.78, 5) is 2.25. The van der Waals surface area contributed by atoms with Crippen LogP contribution in [0.5, 0.6) is 0 Å². The molecule has 1 aromatic carbocycles. The van der Waals surface area contributed by atoms with Gasteiger partial charge in [0, 0.05) is 18.8 Å². The highest BCUT2D eigenvalue weighted by Gasteiger charge is 2.23. The number of nitrogens with zero attached hydrogens (tertiary/aromatic N) is 1. The van der Waals surface area contributed by atoms with Gasteiger partial charge in [-0.3, -0.25) is 0 Å². The van der Waals surface area contributed by atoms with Gasteiger partial charge in [-0.15, -0.1) is 0 Å². The fraction of sp³-hybridized carbons (Fsp3) is 0.538. The summed E-state index contributed by atoms with van der Waals surface area (Å²) in [5.74, 6) is 0. The normalized spacial score (nSPS) is 20.6. The first-order chi connectivity index (χ1) is 8.36. The highest BCUT2D eigenvalue weighted by molar-refractivity contribution is 5.54. The van der Waals surface area contributed by atoms with Crippen LogP contribution in [0.2, 0.25) is 0 Å². The summed E-state index contributed by atoms with van der Waals surface area (Å²) in [5, 5.41) is 12.6. The number of aliphatic hydroxyl groups excluding tert-OH is 1. The molecule has 0 aliphatic carbocycles. The molecule has 0 radical (unpaired) electrons. The van der Waals surface area contributed by atoms with E-state index >= 15 is 0 Å². The fourth-order valence-corrected chi connectivity index (χ4v) is 2.25. The van der Waals surface area contributed by atoms with Gasteiger partial charge in [-0.05, 0) is 18.7 Å². The molecule has 1 atom stereocenters. The van der Waals surface area contributed by atoms with Crippen molar-refractivity contribution in [2.45, 2.75) is 12.6 Å². The van der Waals surface area contributed by atoms with E-state index in [1.54, 1.807) is 0 Å². The van der Waals surface area contributed by atoms with Crippen molar-refractivity contribution >= 4 is 5.69 Å². The molecule has 1 fully saturated rings. The largest absolute Gasteiger partial charge is 0.394 e. The van der Waals surface area contributed by atoms with Crippen molar-refractivity contribution in [3.05, 3.63) is 29.8 Å². The van der Waals surface area contributed by atoms with Crippen molar-refractivity contribution in [1.82, 2.24) is 5.32 Å². The van der Waals surface area contributed by atoms with Gasteiger partial charge in [-0.1, -0.05) is 18.2 Å². The molecule has 17 heavy (non-hydrogen) atoms. The minimum absolute atomic E-state index is 0.0711. The standard InChI is InChI=1S/C13H20N2O2/c1-14-8-11-4-2-3-5-13(11)15-6-7-17-10-12(15)9-16/h2-5,12,14,16H,6-10H2,1H3. The van der Waals surface area contributed by atoms with Gasteiger partial charge in [0.1, 0.15) is 0 Å². The van der Waals surface area contributed by atoms with Gasteiger partial charge in [0.25, 0.3) is 0 Å². The van der Waals surface area contributed by atoms with Crippen LogP contribution >= 0.6 is 0 Å². The van der Waals surface area contributed by atoms with Crippen molar-refractivity contribution < 1.29 is 9.84 Å². The molecule has 1 saturated heterocycles. The van der Waals surface area contributed by atoms with Crippen molar-refractivity contribution in [3.8, 4) is 0 Å². The molecule has 0 amide bonds. The number of morpholine rings is 1. The SMILES string of the molecule is CNCc1ccccc1N1CCOCC1CO. The lowest BCUT2D eigenvalue weighted by Crippen LogP contribution is -2.48. The molecule has 2 rings (SSSR count). The quantitative estimate of drug-likeness (QED) is 0.804. The molecule has 1 aliphatic rings. The van der Waals surface area contributed by atoms with Crippen LogP contribution in [-0.4, -0.2) is 44.6 Å². The molecule has 2 N–H and O–H groups in total. The van der Waals surface area contributed by atoms with E-state index in [2.05, 4.69) is 22.3 Å². The van der Waals surface area contributed by atoms with Gasteiger partial charge in [-0.25, -0.2) is 0 Å². The van der Waals surface area contributed by atoms with E-state index in [-0.39, 0.29) is 12.6 Å². The lowest BCUT2D eigenvalue weighted by Gasteiger charge is -2.37. The van der Waals surface area contributed by atoms with E-state index in [1.165, 1.54) is 11.3 Å². The second-order valence-corrected chi connectivity index (χ2v) is 4.26. The monoisotopic (exact) mass is 236 g/mol. The molecule has 0 aromatic heterocycles. The number of hydrogen-bond donors (Lipinski definition) is 2. The van der Waals surface area contributed by atoms with Crippen molar-refractivity contribution in [2.24, 2.45) is 0 Å². The molecule has 0 saturated carbocycles. The predicted molar refractivity (Wildman–Crippen MR) is 68.2 cm³/mol.